The minimum absolute atomic E-state index is 0.294. The molecule has 0 aromatic rings. The highest BCUT2D eigenvalue weighted by Crippen LogP contribution is 2.65. The van der Waals surface area contributed by atoms with Gasteiger partial charge in [0.15, 0.2) is 0 Å². The Labute approximate surface area is 124 Å². The fourth-order valence-corrected chi connectivity index (χ4v) is 6.36. The molecule has 3 saturated carbocycles. The van der Waals surface area contributed by atoms with Crippen LogP contribution in [0.25, 0.3) is 0 Å². The fraction of sp³-hybridized carbons (Fsp3) is 0.700. The van der Waals surface area contributed by atoms with Gasteiger partial charge < -0.3 is 0 Å². The number of allylic oxidation sites excluding steroid dienone is 5. The summed E-state index contributed by atoms with van der Waals surface area (Å²) in [7, 11) is 0. The van der Waals surface area contributed by atoms with Gasteiger partial charge >= 0.3 is 0 Å². The van der Waals surface area contributed by atoms with Crippen molar-refractivity contribution < 1.29 is 0 Å². The Hall–Kier alpha value is -0.780. The SMILES string of the molecule is C=C1C[C@@H]2[C@@H](CC[C@]3(C)CCC[C@@H]23)[C@@]2(C)C=CCC=C12. The summed E-state index contributed by atoms with van der Waals surface area (Å²) < 4.78 is 0. The lowest BCUT2D eigenvalue weighted by molar-refractivity contribution is -0.00445. The quantitative estimate of drug-likeness (QED) is 0.496. The number of hydrogen-bond acceptors (Lipinski definition) is 0. The number of rotatable bonds is 0. The molecule has 0 aromatic carbocycles. The van der Waals surface area contributed by atoms with Gasteiger partial charge in [0.05, 0.1) is 0 Å². The molecule has 108 valence electrons. The first-order valence-corrected chi connectivity index (χ1v) is 8.61. The van der Waals surface area contributed by atoms with Crippen LogP contribution < -0.4 is 0 Å². The Morgan fingerprint density at radius 1 is 1.15 bits per heavy atom. The summed E-state index contributed by atoms with van der Waals surface area (Å²) in [5.74, 6) is 2.73. The molecule has 4 aliphatic carbocycles. The van der Waals surface area contributed by atoms with Crippen molar-refractivity contribution in [2.75, 3.05) is 0 Å². The van der Waals surface area contributed by atoms with Crippen molar-refractivity contribution >= 4 is 0 Å². The van der Waals surface area contributed by atoms with E-state index in [1.807, 2.05) is 0 Å². The molecule has 0 nitrogen and oxygen atoms in total. The summed E-state index contributed by atoms with van der Waals surface area (Å²) in [6.45, 7) is 9.54. The molecule has 0 saturated heterocycles. The second kappa shape index (κ2) is 4.12. The molecule has 0 spiro atoms. The zero-order valence-corrected chi connectivity index (χ0v) is 13.1. The third kappa shape index (κ3) is 1.54. The lowest BCUT2D eigenvalue weighted by Crippen LogP contribution is -2.48. The van der Waals surface area contributed by atoms with Gasteiger partial charge in [0, 0.05) is 5.41 Å². The van der Waals surface area contributed by atoms with E-state index in [-0.39, 0.29) is 0 Å². The summed E-state index contributed by atoms with van der Waals surface area (Å²) in [6.07, 6.45) is 17.1. The second-order valence-corrected chi connectivity index (χ2v) is 8.31. The van der Waals surface area contributed by atoms with Crippen molar-refractivity contribution in [2.24, 2.45) is 28.6 Å². The minimum atomic E-state index is 0.294. The Balaban J connectivity index is 1.76. The highest BCUT2D eigenvalue weighted by Gasteiger charge is 2.55. The maximum Gasteiger partial charge on any atom is 0.0134 e. The van der Waals surface area contributed by atoms with Crippen molar-refractivity contribution in [1.29, 1.82) is 0 Å². The predicted molar refractivity (Wildman–Crippen MR) is 85.4 cm³/mol. The van der Waals surface area contributed by atoms with E-state index in [9.17, 15) is 0 Å². The van der Waals surface area contributed by atoms with E-state index < -0.39 is 0 Å². The first-order valence-electron chi connectivity index (χ1n) is 8.61. The van der Waals surface area contributed by atoms with E-state index in [1.165, 1.54) is 44.1 Å². The minimum Gasteiger partial charge on any atom is -0.0955 e. The van der Waals surface area contributed by atoms with Crippen molar-refractivity contribution in [3.8, 4) is 0 Å². The monoisotopic (exact) mass is 268 g/mol. The molecule has 0 bridgehead atoms. The van der Waals surface area contributed by atoms with Gasteiger partial charge in [-0.15, -0.1) is 0 Å². The average Bonchev–Trinajstić information content (AvgIpc) is 2.81. The van der Waals surface area contributed by atoms with Gasteiger partial charge in [0.1, 0.15) is 0 Å². The zero-order chi connectivity index (χ0) is 14.0. The molecule has 0 aliphatic heterocycles. The lowest BCUT2D eigenvalue weighted by Gasteiger charge is -2.56. The Bertz CT molecular complexity index is 508. The first-order chi connectivity index (χ1) is 9.55. The van der Waals surface area contributed by atoms with Crippen molar-refractivity contribution in [1.82, 2.24) is 0 Å². The molecule has 5 atom stereocenters. The van der Waals surface area contributed by atoms with Crippen LogP contribution in [0.5, 0.6) is 0 Å². The third-order valence-corrected chi connectivity index (χ3v) is 7.35. The molecular weight excluding hydrogens is 240 g/mol. The van der Waals surface area contributed by atoms with Crippen molar-refractivity contribution in [2.45, 2.75) is 58.8 Å². The summed E-state index contributed by atoms with van der Waals surface area (Å²) in [6, 6.07) is 0. The molecule has 20 heavy (non-hydrogen) atoms. The Morgan fingerprint density at radius 2 is 2.00 bits per heavy atom. The van der Waals surface area contributed by atoms with Crippen LogP contribution in [0.15, 0.2) is 36.0 Å². The second-order valence-electron chi connectivity index (χ2n) is 8.31. The molecule has 0 heterocycles. The van der Waals surface area contributed by atoms with Crippen LogP contribution in [0.1, 0.15) is 58.8 Å². The van der Waals surface area contributed by atoms with E-state index in [0.717, 1.165) is 24.2 Å². The smallest absolute Gasteiger partial charge is 0.0134 e. The highest BCUT2D eigenvalue weighted by atomic mass is 14.6. The largest absolute Gasteiger partial charge is 0.0955 e. The van der Waals surface area contributed by atoms with Crippen molar-refractivity contribution in [3.63, 3.8) is 0 Å². The van der Waals surface area contributed by atoms with E-state index >= 15 is 0 Å². The maximum absolute atomic E-state index is 4.47. The van der Waals surface area contributed by atoms with Gasteiger partial charge in [-0.25, -0.2) is 0 Å². The predicted octanol–water partition coefficient (Wildman–Crippen LogP) is 5.67. The van der Waals surface area contributed by atoms with Crippen LogP contribution in [0.2, 0.25) is 0 Å². The Kier molecular flexibility index (Phi) is 2.66. The van der Waals surface area contributed by atoms with Gasteiger partial charge in [0.25, 0.3) is 0 Å². The first kappa shape index (κ1) is 12.9. The molecule has 0 radical (unpaired) electrons. The van der Waals surface area contributed by atoms with Crippen LogP contribution >= 0.6 is 0 Å². The van der Waals surface area contributed by atoms with Gasteiger partial charge in [-0.1, -0.05) is 50.6 Å². The van der Waals surface area contributed by atoms with Crippen LogP contribution in [0, 0.1) is 28.6 Å². The topological polar surface area (TPSA) is 0 Å². The van der Waals surface area contributed by atoms with E-state index in [1.54, 1.807) is 5.57 Å². The Morgan fingerprint density at radius 3 is 2.85 bits per heavy atom. The molecule has 0 heteroatoms. The number of hydrogen-bond donors (Lipinski definition) is 0. The summed E-state index contributed by atoms with van der Waals surface area (Å²) in [5.41, 5.74) is 3.98. The normalized spacial score (nSPS) is 50.2. The summed E-state index contributed by atoms with van der Waals surface area (Å²) in [4.78, 5) is 0. The van der Waals surface area contributed by atoms with Crippen LogP contribution in [0.4, 0.5) is 0 Å². The number of fused-ring (bicyclic) bond motifs is 5. The molecule has 0 N–H and O–H groups in total. The van der Waals surface area contributed by atoms with E-state index in [0.29, 0.717) is 10.8 Å². The average molecular weight is 268 g/mol. The van der Waals surface area contributed by atoms with Gasteiger partial charge in [-0.3, -0.25) is 0 Å². The third-order valence-electron chi connectivity index (χ3n) is 7.35. The highest BCUT2D eigenvalue weighted by molar-refractivity contribution is 5.44. The molecule has 4 rings (SSSR count). The summed E-state index contributed by atoms with van der Waals surface area (Å²) >= 11 is 0. The van der Waals surface area contributed by atoms with Crippen molar-refractivity contribution in [3.05, 3.63) is 36.0 Å². The van der Waals surface area contributed by atoms with Gasteiger partial charge in [0.2, 0.25) is 0 Å². The van der Waals surface area contributed by atoms with Gasteiger partial charge in [-0.05, 0) is 67.3 Å². The van der Waals surface area contributed by atoms with Crippen LogP contribution in [0.3, 0.4) is 0 Å². The van der Waals surface area contributed by atoms with Gasteiger partial charge in [-0.2, -0.15) is 0 Å². The van der Waals surface area contributed by atoms with Crippen LogP contribution in [-0.2, 0) is 0 Å². The standard InChI is InChI=1S/C20H28/c1-14-13-15-17-8-6-10-19(17,2)12-9-18(15)20(3)11-5-4-7-16(14)20/h5,7,11,15,17-18H,1,4,6,8-10,12-13H2,2-3H3/t15-,17-,18+,19-,20-/m0/s1. The van der Waals surface area contributed by atoms with E-state index in [4.69, 9.17) is 0 Å². The molecule has 0 amide bonds. The lowest BCUT2D eigenvalue weighted by atomic mass is 9.48. The zero-order valence-electron chi connectivity index (χ0n) is 13.1. The summed E-state index contributed by atoms with van der Waals surface area (Å²) in [5, 5.41) is 0. The molecule has 4 aliphatic rings. The molecule has 0 aromatic heterocycles. The molecular formula is C20H28. The maximum atomic E-state index is 4.47. The fourth-order valence-electron chi connectivity index (χ4n) is 6.36. The molecule has 3 fully saturated rings. The molecule has 0 unspecified atom stereocenters. The van der Waals surface area contributed by atoms with Crippen LogP contribution in [-0.4, -0.2) is 0 Å². The van der Waals surface area contributed by atoms with E-state index in [2.05, 4.69) is 38.7 Å².